The molecular formula is C11H20N2O. The number of hydrogen-bond acceptors (Lipinski definition) is 2. The third-order valence-corrected chi connectivity index (χ3v) is 2.03. The van der Waals surface area contributed by atoms with E-state index in [1.54, 1.807) is 4.90 Å². The minimum atomic E-state index is -0.547. The number of rotatable bonds is 5. The summed E-state index contributed by atoms with van der Waals surface area (Å²) in [5, 5.41) is 0. The summed E-state index contributed by atoms with van der Waals surface area (Å²) in [6, 6.07) is -0.361. The minimum Gasteiger partial charge on any atom is -0.339 e. The molecule has 0 aromatic rings. The van der Waals surface area contributed by atoms with Crippen LogP contribution in [0.1, 0.15) is 33.6 Å². The van der Waals surface area contributed by atoms with Crippen LogP contribution >= 0.6 is 0 Å². The summed E-state index contributed by atoms with van der Waals surface area (Å²) in [4.78, 5) is 13.5. The highest BCUT2D eigenvalue weighted by Crippen LogP contribution is 2.04. The smallest absolute Gasteiger partial charge is 0.240 e. The summed E-state index contributed by atoms with van der Waals surface area (Å²) in [7, 11) is 0. The third-order valence-electron chi connectivity index (χ3n) is 2.03. The van der Waals surface area contributed by atoms with Crippen molar-refractivity contribution in [2.24, 2.45) is 5.73 Å². The highest BCUT2D eigenvalue weighted by Gasteiger charge is 2.21. The lowest BCUT2D eigenvalue weighted by atomic mass is 10.1. The Kier molecular flexibility index (Phi) is 5.98. The first-order chi connectivity index (χ1) is 6.54. The number of nitrogens with two attached hydrogens (primary N) is 1. The van der Waals surface area contributed by atoms with Gasteiger partial charge in [0, 0.05) is 19.0 Å². The number of carbonyl (C=O) groups is 1. The van der Waals surface area contributed by atoms with Crippen molar-refractivity contribution < 1.29 is 4.79 Å². The van der Waals surface area contributed by atoms with E-state index in [9.17, 15) is 4.79 Å². The summed E-state index contributed by atoms with van der Waals surface area (Å²) in [5.74, 6) is 2.37. The lowest BCUT2D eigenvalue weighted by molar-refractivity contribution is -0.134. The van der Waals surface area contributed by atoms with Crippen LogP contribution in [0.15, 0.2) is 0 Å². The quantitative estimate of drug-likeness (QED) is 0.666. The number of carbonyl (C=O) groups excluding carboxylic acids is 1. The predicted molar refractivity (Wildman–Crippen MR) is 58.6 cm³/mol. The van der Waals surface area contributed by atoms with E-state index >= 15 is 0 Å². The summed E-state index contributed by atoms with van der Waals surface area (Å²) < 4.78 is 0. The van der Waals surface area contributed by atoms with Gasteiger partial charge in [0.1, 0.15) is 0 Å². The average molecular weight is 196 g/mol. The molecule has 0 saturated carbocycles. The van der Waals surface area contributed by atoms with Crippen LogP contribution in [0.5, 0.6) is 0 Å². The van der Waals surface area contributed by atoms with Gasteiger partial charge in [0.05, 0.1) is 6.04 Å². The molecule has 80 valence electrons. The zero-order chi connectivity index (χ0) is 11.1. The number of amides is 1. The molecule has 1 amide bonds. The van der Waals surface area contributed by atoms with Gasteiger partial charge >= 0.3 is 0 Å². The molecular weight excluding hydrogens is 176 g/mol. The molecule has 1 unspecified atom stereocenters. The molecule has 0 rings (SSSR count). The molecule has 3 nitrogen and oxygen atoms in total. The zero-order valence-electron chi connectivity index (χ0n) is 9.29. The topological polar surface area (TPSA) is 46.3 Å². The van der Waals surface area contributed by atoms with Gasteiger partial charge in [-0.05, 0) is 20.3 Å². The number of hydrogen-bond donors (Lipinski definition) is 1. The highest BCUT2D eigenvalue weighted by atomic mass is 16.2. The molecule has 0 aromatic carbocycles. The van der Waals surface area contributed by atoms with Crippen molar-refractivity contribution in [3.63, 3.8) is 0 Å². The van der Waals surface area contributed by atoms with Gasteiger partial charge in [-0.15, -0.1) is 12.3 Å². The van der Waals surface area contributed by atoms with E-state index in [0.29, 0.717) is 6.42 Å². The van der Waals surface area contributed by atoms with E-state index in [2.05, 4.69) is 5.92 Å². The molecule has 0 aliphatic heterocycles. The molecule has 1 atom stereocenters. The lowest BCUT2D eigenvalue weighted by Crippen LogP contribution is -2.47. The van der Waals surface area contributed by atoms with Gasteiger partial charge in [0.15, 0.2) is 0 Å². The first kappa shape index (κ1) is 13.0. The molecule has 0 bridgehead atoms. The van der Waals surface area contributed by atoms with E-state index in [1.807, 2.05) is 20.8 Å². The first-order valence-electron chi connectivity index (χ1n) is 5.04. The molecule has 0 aliphatic rings. The van der Waals surface area contributed by atoms with Crippen molar-refractivity contribution in [3.8, 4) is 12.3 Å². The number of terminal acetylenes is 1. The van der Waals surface area contributed by atoms with Gasteiger partial charge < -0.3 is 10.6 Å². The van der Waals surface area contributed by atoms with Gasteiger partial charge in [-0.3, -0.25) is 4.79 Å². The maximum atomic E-state index is 11.8. The van der Waals surface area contributed by atoms with Crippen LogP contribution < -0.4 is 5.73 Å². The summed E-state index contributed by atoms with van der Waals surface area (Å²) in [6.07, 6.45) is 6.37. The van der Waals surface area contributed by atoms with Crippen LogP contribution in [0.3, 0.4) is 0 Å². The van der Waals surface area contributed by atoms with Crippen LogP contribution in [0.25, 0.3) is 0 Å². The van der Waals surface area contributed by atoms with E-state index in [0.717, 1.165) is 13.0 Å². The van der Waals surface area contributed by atoms with Gasteiger partial charge in [0.25, 0.3) is 0 Å². The SMILES string of the molecule is C#CCC(N)C(=O)N(CCC)C(C)C. The molecule has 0 heterocycles. The fourth-order valence-corrected chi connectivity index (χ4v) is 1.29. The average Bonchev–Trinajstić information content (AvgIpc) is 2.13. The molecule has 2 N–H and O–H groups in total. The zero-order valence-corrected chi connectivity index (χ0v) is 9.29. The van der Waals surface area contributed by atoms with Crippen molar-refractivity contribution in [3.05, 3.63) is 0 Å². The molecule has 0 fully saturated rings. The Bertz CT molecular complexity index is 218. The first-order valence-corrected chi connectivity index (χ1v) is 5.04. The normalized spacial score (nSPS) is 12.3. The Morgan fingerprint density at radius 1 is 1.57 bits per heavy atom. The van der Waals surface area contributed by atoms with E-state index in [1.165, 1.54) is 0 Å². The number of nitrogens with zero attached hydrogens (tertiary/aromatic N) is 1. The summed E-state index contributed by atoms with van der Waals surface area (Å²) in [6.45, 7) is 6.75. The molecule has 0 saturated heterocycles. The van der Waals surface area contributed by atoms with Crippen molar-refractivity contribution in [2.75, 3.05) is 6.54 Å². The molecule has 0 spiro atoms. The third kappa shape index (κ3) is 3.80. The molecule has 0 aliphatic carbocycles. The predicted octanol–water partition coefficient (Wildman–Crippen LogP) is 0.984. The van der Waals surface area contributed by atoms with Crippen molar-refractivity contribution in [1.82, 2.24) is 4.90 Å². The standard InChI is InChI=1S/C11H20N2O/c1-5-7-10(12)11(14)13(8-6-2)9(3)4/h1,9-10H,6-8,12H2,2-4H3. The van der Waals surface area contributed by atoms with Gasteiger partial charge in [-0.1, -0.05) is 6.92 Å². The molecule has 3 heteroatoms. The summed E-state index contributed by atoms with van der Waals surface area (Å²) in [5.41, 5.74) is 5.66. The second-order valence-corrected chi connectivity index (χ2v) is 3.64. The Balaban J connectivity index is 4.36. The van der Waals surface area contributed by atoms with Gasteiger partial charge in [-0.2, -0.15) is 0 Å². The molecule has 0 radical (unpaired) electrons. The van der Waals surface area contributed by atoms with Crippen molar-refractivity contribution >= 4 is 5.91 Å². The van der Waals surface area contributed by atoms with Crippen LogP contribution in [0.4, 0.5) is 0 Å². The largest absolute Gasteiger partial charge is 0.339 e. The van der Waals surface area contributed by atoms with Crippen LogP contribution in [-0.4, -0.2) is 29.4 Å². The van der Waals surface area contributed by atoms with E-state index in [-0.39, 0.29) is 11.9 Å². The van der Waals surface area contributed by atoms with Crippen LogP contribution in [0, 0.1) is 12.3 Å². The molecule has 14 heavy (non-hydrogen) atoms. The fourth-order valence-electron chi connectivity index (χ4n) is 1.29. The minimum absolute atomic E-state index is 0.0419. The fraction of sp³-hybridized carbons (Fsp3) is 0.727. The van der Waals surface area contributed by atoms with Crippen LogP contribution in [0.2, 0.25) is 0 Å². The Hall–Kier alpha value is -1.01. The Morgan fingerprint density at radius 3 is 2.50 bits per heavy atom. The van der Waals surface area contributed by atoms with Gasteiger partial charge in [-0.25, -0.2) is 0 Å². The van der Waals surface area contributed by atoms with Crippen LogP contribution in [-0.2, 0) is 4.79 Å². The Labute approximate surface area is 86.6 Å². The second kappa shape index (κ2) is 6.44. The highest BCUT2D eigenvalue weighted by molar-refractivity contribution is 5.82. The summed E-state index contributed by atoms with van der Waals surface area (Å²) >= 11 is 0. The lowest BCUT2D eigenvalue weighted by Gasteiger charge is -2.28. The van der Waals surface area contributed by atoms with Crippen molar-refractivity contribution in [1.29, 1.82) is 0 Å². The van der Waals surface area contributed by atoms with Gasteiger partial charge in [0.2, 0.25) is 5.91 Å². The van der Waals surface area contributed by atoms with Crippen molar-refractivity contribution in [2.45, 2.75) is 45.7 Å². The maximum Gasteiger partial charge on any atom is 0.240 e. The molecule has 0 aromatic heterocycles. The second-order valence-electron chi connectivity index (χ2n) is 3.64. The monoisotopic (exact) mass is 196 g/mol. The maximum absolute atomic E-state index is 11.8. The Morgan fingerprint density at radius 2 is 2.14 bits per heavy atom. The van der Waals surface area contributed by atoms with E-state index in [4.69, 9.17) is 12.2 Å². The van der Waals surface area contributed by atoms with E-state index < -0.39 is 6.04 Å².